The summed E-state index contributed by atoms with van der Waals surface area (Å²) < 4.78 is 14.0. The monoisotopic (exact) mass is 268 g/mol. The van der Waals surface area contributed by atoms with Crippen molar-refractivity contribution in [2.24, 2.45) is 0 Å². The first-order valence-electron chi connectivity index (χ1n) is 6.30. The van der Waals surface area contributed by atoms with Crippen molar-refractivity contribution in [3.63, 3.8) is 0 Å². The van der Waals surface area contributed by atoms with Gasteiger partial charge in [-0.1, -0.05) is 12.1 Å². The molecule has 1 aromatic rings. The minimum atomic E-state index is -0.783. The summed E-state index contributed by atoms with van der Waals surface area (Å²) in [6, 6.07) is 4.57. The van der Waals surface area contributed by atoms with E-state index in [4.69, 9.17) is 0 Å². The number of benzene rings is 1. The van der Waals surface area contributed by atoms with E-state index in [-0.39, 0.29) is 12.5 Å². The third-order valence-electron chi connectivity index (χ3n) is 2.99. The Labute approximate surface area is 113 Å². The van der Waals surface area contributed by atoms with Gasteiger partial charge < -0.3 is 14.9 Å². The molecule has 0 aliphatic heterocycles. The molecule has 0 saturated heterocycles. The van der Waals surface area contributed by atoms with E-state index in [1.807, 2.05) is 6.92 Å². The average Bonchev–Trinajstić information content (AvgIpc) is 2.35. The van der Waals surface area contributed by atoms with Crippen molar-refractivity contribution in [3.05, 3.63) is 29.6 Å². The first kappa shape index (κ1) is 15.4. The van der Waals surface area contributed by atoms with Crippen LogP contribution in [0.1, 0.15) is 25.5 Å². The van der Waals surface area contributed by atoms with E-state index in [1.165, 1.54) is 11.0 Å². The summed E-state index contributed by atoms with van der Waals surface area (Å²) in [6.07, 6.45) is -0.783. The molecule has 0 spiro atoms. The van der Waals surface area contributed by atoms with Crippen LogP contribution in [-0.4, -0.2) is 43.1 Å². The number of carbonyl (C=O) groups is 1. The van der Waals surface area contributed by atoms with Crippen molar-refractivity contribution >= 4 is 11.6 Å². The van der Waals surface area contributed by atoms with Gasteiger partial charge in [0.2, 0.25) is 5.91 Å². The van der Waals surface area contributed by atoms with Crippen LogP contribution >= 0.6 is 0 Å². The fourth-order valence-corrected chi connectivity index (χ4v) is 1.86. The first-order chi connectivity index (χ1) is 8.88. The predicted molar refractivity (Wildman–Crippen MR) is 73.6 cm³/mol. The molecule has 0 unspecified atom stereocenters. The van der Waals surface area contributed by atoms with Gasteiger partial charge in [0.25, 0.3) is 0 Å². The number of hydrogen-bond acceptors (Lipinski definition) is 3. The minimum Gasteiger partial charge on any atom is -0.389 e. The minimum absolute atomic E-state index is 0.0875. The number of para-hydroxylation sites is 1. The van der Waals surface area contributed by atoms with Crippen LogP contribution in [0.25, 0.3) is 0 Å². The molecule has 0 fully saturated rings. The highest BCUT2D eigenvalue weighted by Crippen LogP contribution is 2.29. The lowest BCUT2D eigenvalue weighted by atomic mass is 10.1. The smallest absolute Gasteiger partial charge is 0.241 e. The van der Waals surface area contributed by atoms with E-state index < -0.39 is 11.9 Å². The predicted octanol–water partition coefficient (Wildman–Crippen LogP) is 1.79. The molecule has 0 aliphatic carbocycles. The first-order valence-corrected chi connectivity index (χ1v) is 6.30. The molecule has 1 rings (SSSR count). The number of aliphatic hydroxyl groups excluding tert-OH is 1. The van der Waals surface area contributed by atoms with Gasteiger partial charge in [0.15, 0.2) is 0 Å². The fourth-order valence-electron chi connectivity index (χ4n) is 1.86. The molecule has 1 amide bonds. The van der Waals surface area contributed by atoms with Crippen LogP contribution in [-0.2, 0) is 4.79 Å². The Morgan fingerprint density at radius 2 is 2.05 bits per heavy atom. The lowest BCUT2D eigenvalue weighted by molar-refractivity contribution is -0.127. The van der Waals surface area contributed by atoms with E-state index >= 15 is 0 Å². The van der Waals surface area contributed by atoms with Crippen LogP contribution < -0.4 is 4.90 Å². The summed E-state index contributed by atoms with van der Waals surface area (Å²) in [5.74, 6) is -0.534. The van der Waals surface area contributed by atoms with Gasteiger partial charge in [-0.15, -0.1) is 0 Å². The van der Waals surface area contributed by atoms with Gasteiger partial charge in [-0.2, -0.15) is 0 Å². The quantitative estimate of drug-likeness (QED) is 0.885. The lowest BCUT2D eigenvalue weighted by Gasteiger charge is -2.27. The summed E-state index contributed by atoms with van der Waals surface area (Å²) in [5, 5.41) is 9.73. The van der Waals surface area contributed by atoms with Crippen molar-refractivity contribution in [3.8, 4) is 0 Å². The number of carbonyl (C=O) groups excluding carboxylic acids is 1. The SMILES string of the molecule is CCN(CC(=O)N(C)C)c1c(F)cccc1[C@@H](C)O. The van der Waals surface area contributed by atoms with Crippen LogP contribution in [0.3, 0.4) is 0 Å². The molecule has 0 aliphatic rings. The molecule has 106 valence electrons. The maximum absolute atomic E-state index is 14.0. The fraction of sp³-hybridized carbons (Fsp3) is 0.500. The highest BCUT2D eigenvalue weighted by atomic mass is 19.1. The van der Waals surface area contributed by atoms with Crippen LogP contribution in [0.2, 0.25) is 0 Å². The van der Waals surface area contributed by atoms with Crippen LogP contribution in [0.15, 0.2) is 18.2 Å². The number of amides is 1. The molecule has 0 bridgehead atoms. The van der Waals surface area contributed by atoms with Crippen molar-refractivity contribution in [2.75, 3.05) is 32.1 Å². The van der Waals surface area contributed by atoms with Crippen molar-refractivity contribution < 1.29 is 14.3 Å². The summed E-state index contributed by atoms with van der Waals surface area (Å²) >= 11 is 0. The molecule has 1 aromatic carbocycles. The van der Waals surface area contributed by atoms with Crippen molar-refractivity contribution in [1.29, 1.82) is 0 Å². The van der Waals surface area contributed by atoms with Gasteiger partial charge in [0, 0.05) is 26.2 Å². The van der Waals surface area contributed by atoms with E-state index in [9.17, 15) is 14.3 Å². The zero-order valence-corrected chi connectivity index (χ0v) is 11.9. The van der Waals surface area contributed by atoms with Crippen LogP contribution in [0.4, 0.5) is 10.1 Å². The largest absolute Gasteiger partial charge is 0.389 e. The Morgan fingerprint density at radius 3 is 2.53 bits per heavy atom. The third kappa shape index (κ3) is 3.67. The molecule has 0 aromatic heterocycles. The topological polar surface area (TPSA) is 43.8 Å². The number of halogens is 1. The standard InChI is InChI=1S/C14H21FN2O2/c1-5-17(9-13(19)16(3)4)14-11(10(2)18)7-6-8-12(14)15/h6-8,10,18H,5,9H2,1-4H3/t10-/m1/s1. The Hall–Kier alpha value is -1.62. The molecule has 5 heteroatoms. The molecule has 1 N–H and O–H groups in total. The zero-order valence-electron chi connectivity index (χ0n) is 11.9. The number of anilines is 1. The highest BCUT2D eigenvalue weighted by Gasteiger charge is 2.20. The van der Waals surface area contributed by atoms with Crippen LogP contribution in [0.5, 0.6) is 0 Å². The van der Waals surface area contributed by atoms with Gasteiger partial charge in [0.1, 0.15) is 5.82 Å². The van der Waals surface area contributed by atoms with E-state index in [0.717, 1.165) is 0 Å². The second kappa shape index (κ2) is 6.52. The molecule has 19 heavy (non-hydrogen) atoms. The summed E-state index contributed by atoms with van der Waals surface area (Å²) in [5.41, 5.74) is 0.795. The van der Waals surface area contributed by atoms with E-state index in [1.54, 1.807) is 38.1 Å². The molecular weight excluding hydrogens is 247 g/mol. The molecule has 0 heterocycles. The Balaban J connectivity index is 3.14. The van der Waals surface area contributed by atoms with Gasteiger partial charge in [-0.25, -0.2) is 4.39 Å². The third-order valence-corrected chi connectivity index (χ3v) is 2.99. The normalized spacial score (nSPS) is 12.1. The van der Waals surface area contributed by atoms with Crippen LogP contribution in [0, 0.1) is 5.82 Å². The second-order valence-electron chi connectivity index (χ2n) is 4.66. The zero-order chi connectivity index (χ0) is 14.6. The summed E-state index contributed by atoms with van der Waals surface area (Å²) in [7, 11) is 3.32. The summed E-state index contributed by atoms with van der Waals surface area (Å²) in [6.45, 7) is 4.01. The molecular formula is C14H21FN2O2. The molecule has 0 radical (unpaired) electrons. The van der Waals surface area contributed by atoms with Gasteiger partial charge >= 0.3 is 0 Å². The van der Waals surface area contributed by atoms with E-state index in [2.05, 4.69) is 0 Å². The number of nitrogens with zero attached hydrogens (tertiary/aromatic N) is 2. The van der Waals surface area contributed by atoms with Gasteiger partial charge in [-0.05, 0) is 19.9 Å². The Kier molecular flexibility index (Phi) is 5.30. The number of rotatable bonds is 5. The second-order valence-corrected chi connectivity index (χ2v) is 4.66. The van der Waals surface area contributed by atoms with E-state index in [0.29, 0.717) is 17.8 Å². The van der Waals surface area contributed by atoms with Crippen molar-refractivity contribution in [2.45, 2.75) is 20.0 Å². The number of likely N-dealkylation sites (N-methyl/N-ethyl adjacent to an activating group) is 2. The van der Waals surface area contributed by atoms with Gasteiger partial charge in [-0.3, -0.25) is 4.79 Å². The summed E-state index contributed by atoms with van der Waals surface area (Å²) in [4.78, 5) is 14.9. The lowest BCUT2D eigenvalue weighted by Crippen LogP contribution is -2.37. The maximum Gasteiger partial charge on any atom is 0.241 e. The Bertz CT molecular complexity index is 447. The van der Waals surface area contributed by atoms with Crippen molar-refractivity contribution in [1.82, 2.24) is 4.90 Å². The Morgan fingerprint density at radius 1 is 1.42 bits per heavy atom. The molecule has 0 saturated carbocycles. The molecule has 1 atom stereocenters. The average molecular weight is 268 g/mol. The molecule has 4 nitrogen and oxygen atoms in total. The number of hydrogen-bond donors (Lipinski definition) is 1. The maximum atomic E-state index is 14.0. The van der Waals surface area contributed by atoms with Gasteiger partial charge in [0.05, 0.1) is 18.3 Å². The highest BCUT2D eigenvalue weighted by molar-refractivity contribution is 5.81. The number of aliphatic hydroxyl groups is 1.